The predicted octanol–water partition coefficient (Wildman–Crippen LogP) is 1.85. The summed E-state index contributed by atoms with van der Waals surface area (Å²) in [6, 6.07) is 3.86. The summed E-state index contributed by atoms with van der Waals surface area (Å²) in [5, 5.41) is 0. The van der Waals surface area contributed by atoms with Gasteiger partial charge in [-0.2, -0.15) is 0 Å². The molecule has 64 valence electrons. The van der Waals surface area contributed by atoms with Gasteiger partial charge in [-0.1, -0.05) is 0 Å². The molecule has 0 bridgehead atoms. The highest BCUT2D eigenvalue weighted by Crippen LogP contribution is 2.16. The molecule has 3 heteroatoms. The molecule has 0 spiro atoms. The van der Waals surface area contributed by atoms with Gasteiger partial charge in [-0.05, 0) is 19.1 Å². The van der Waals surface area contributed by atoms with E-state index in [0.29, 0.717) is 0 Å². The van der Waals surface area contributed by atoms with Gasteiger partial charge in [0.25, 0.3) is 0 Å². The topological polar surface area (TPSA) is 38.7 Å². The Hall–Kier alpha value is -1.77. The van der Waals surface area contributed by atoms with Crippen LogP contribution in [0.15, 0.2) is 36.9 Å². The number of rotatable bonds is 1. The summed E-state index contributed by atoms with van der Waals surface area (Å²) in [5.41, 5.74) is 2.92. The van der Waals surface area contributed by atoms with E-state index in [2.05, 4.69) is 15.0 Å². The maximum atomic E-state index is 4.26. The second kappa shape index (κ2) is 3.31. The molecular weight excluding hydrogens is 162 g/mol. The van der Waals surface area contributed by atoms with E-state index in [1.54, 1.807) is 24.8 Å². The van der Waals surface area contributed by atoms with Crippen molar-refractivity contribution in [2.75, 3.05) is 0 Å². The Morgan fingerprint density at radius 2 is 1.62 bits per heavy atom. The Bertz CT molecular complexity index is 398. The number of hydrogen-bond acceptors (Lipinski definition) is 3. The first kappa shape index (κ1) is 7.86. The van der Waals surface area contributed by atoms with Crippen LogP contribution < -0.4 is 0 Å². The molecule has 0 aliphatic heterocycles. The highest BCUT2D eigenvalue weighted by Gasteiger charge is 2.01. The molecule has 0 amide bonds. The third-order valence-electron chi connectivity index (χ3n) is 1.83. The third kappa shape index (κ3) is 1.54. The number of aryl methyl sites for hydroxylation is 1. The number of pyridine rings is 1. The summed E-state index contributed by atoms with van der Waals surface area (Å²) in [6.07, 6.45) is 6.90. The van der Waals surface area contributed by atoms with Crippen molar-refractivity contribution in [2.24, 2.45) is 0 Å². The fourth-order valence-corrected chi connectivity index (χ4v) is 1.20. The Balaban J connectivity index is 2.54. The summed E-state index contributed by atoms with van der Waals surface area (Å²) in [5.74, 6) is 0. The SMILES string of the molecule is Cc1nccnc1-c1ccncc1. The Morgan fingerprint density at radius 1 is 0.923 bits per heavy atom. The molecule has 2 aromatic heterocycles. The standard InChI is InChI=1S/C10H9N3/c1-8-10(13-7-6-12-8)9-2-4-11-5-3-9/h2-7H,1H3. The van der Waals surface area contributed by atoms with E-state index in [1.807, 2.05) is 19.1 Å². The average molecular weight is 171 g/mol. The summed E-state index contributed by atoms with van der Waals surface area (Å²) in [7, 11) is 0. The number of nitrogens with zero attached hydrogens (tertiary/aromatic N) is 3. The van der Waals surface area contributed by atoms with E-state index in [1.165, 1.54) is 0 Å². The zero-order valence-corrected chi connectivity index (χ0v) is 7.31. The normalized spacial score (nSPS) is 9.92. The van der Waals surface area contributed by atoms with E-state index >= 15 is 0 Å². The minimum absolute atomic E-state index is 0.921. The first-order valence-electron chi connectivity index (χ1n) is 4.06. The highest BCUT2D eigenvalue weighted by atomic mass is 14.8. The fraction of sp³-hybridized carbons (Fsp3) is 0.100. The van der Waals surface area contributed by atoms with Crippen molar-refractivity contribution in [3.05, 3.63) is 42.6 Å². The van der Waals surface area contributed by atoms with Crippen molar-refractivity contribution in [3.63, 3.8) is 0 Å². The monoisotopic (exact) mass is 171 g/mol. The lowest BCUT2D eigenvalue weighted by molar-refractivity contribution is 1.12. The smallest absolute Gasteiger partial charge is 0.0915 e. The Kier molecular flexibility index (Phi) is 2.00. The van der Waals surface area contributed by atoms with Crippen LogP contribution in [-0.2, 0) is 0 Å². The van der Waals surface area contributed by atoms with Crippen LogP contribution >= 0.6 is 0 Å². The Morgan fingerprint density at radius 3 is 2.31 bits per heavy atom. The zero-order chi connectivity index (χ0) is 9.10. The van der Waals surface area contributed by atoms with Crippen LogP contribution in [0, 0.1) is 6.92 Å². The molecule has 0 saturated carbocycles. The van der Waals surface area contributed by atoms with Crippen LogP contribution in [-0.4, -0.2) is 15.0 Å². The van der Waals surface area contributed by atoms with E-state index in [9.17, 15) is 0 Å². The first-order valence-corrected chi connectivity index (χ1v) is 4.06. The fourth-order valence-electron chi connectivity index (χ4n) is 1.20. The molecule has 2 aromatic rings. The van der Waals surface area contributed by atoms with E-state index in [0.717, 1.165) is 17.0 Å². The molecule has 0 aliphatic carbocycles. The van der Waals surface area contributed by atoms with Gasteiger partial charge in [0.05, 0.1) is 11.4 Å². The maximum absolute atomic E-state index is 4.26. The van der Waals surface area contributed by atoms with Gasteiger partial charge in [-0.25, -0.2) is 0 Å². The predicted molar refractivity (Wildman–Crippen MR) is 50.0 cm³/mol. The van der Waals surface area contributed by atoms with Crippen molar-refractivity contribution < 1.29 is 0 Å². The van der Waals surface area contributed by atoms with Crippen LogP contribution in [0.2, 0.25) is 0 Å². The van der Waals surface area contributed by atoms with Gasteiger partial charge >= 0.3 is 0 Å². The van der Waals surface area contributed by atoms with Gasteiger partial charge in [-0.15, -0.1) is 0 Å². The van der Waals surface area contributed by atoms with Crippen LogP contribution in [0.3, 0.4) is 0 Å². The molecule has 2 rings (SSSR count). The van der Waals surface area contributed by atoms with Gasteiger partial charge < -0.3 is 0 Å². The van der Waals surface area contributed by atoms with Gasteiger partial charge in [0.15, 0.2) is 0 Å². The molecule has 13 heavy (non-hydrogen) atoms. The first-order chi connectivity index (χ1) is 6.38. The molecule has 0 aromatic carbocycles. The maximum Gasteiger partial charge on any atom is 0.0915 e. The van der Waals surface area contributed by atoms with E-state index in [4.69, 9.17) is 0 Å². The van der Waals surface area contributed by atoms with Crippen molar-refractivity contribution in [2.45, 2.75) is 6.92 Å². The lowest BCUT2D eigenvalue weighted by Crippen LogP contribution is -1.90. The molecule has 0 fully saturated rings. The average Bonchev–Trinajstić information content (AvgIpc) is 2.20. The summed E-state index contributed by atoms with van der Waals surface area (Å²) < 4.78 is 0. The highest BCUT2D eigenvalue weighted by molar-refractivity contribution is 5.59. The molecule has 0 N–H and O–H groups in total. The molecular formula is C10H9N3. The summed E-state index contributed by atoms with van der Waals surface area (Å²) in [6.45, 7) is 1.95. The molecule has 0 aliphatic rings. The molecule has 2 heterocycles. The van der Waals surface area contributed by atoms with Gasteiger partial charge in [-0.3, -0.25) is 15.0 Å². The third-order valence-corrected chi connectivity index (χ3v) is 1.83. The van der Waals surface area contributed by atoms with Crippen molar-refractivity contribution in [1.29, 1.82) is 0 Å². The van der Waals surface area contributed by atoms with E-state index < -0.39 is 0 Å². The lowest BCUT2D eigenvalue weighted by atomic mass is 10.1. The minimum atomic E-state index is 0.921. The molecule has 0 saturated heterocycles. The van der Waals surface area contributed by atoms with Gasteiger partial charge in [0, 0.05) is 30.4 Å². The van der Waals surface area contributed by atoms with Gasteiger partial charge in [0.2, 0.25) is 0 Å². The quantitative estimate of drug-likeness (QED) is 0.657. The van der Waals surface area contributed by atoms with E-state index in [-0.39, 0.29) is 0 Å². The van der Waals surface area contributed by atoms with Crippen molar-refractivity contribution in [3.8, 4) is 11.3 Å². The largest absolute Gasteiger partial charge is 0.265 e. The summed E-state index contributed by atoms with van der Waals surface area (Å²) in [4.78, 5) is 12.4. The zero-order valence-electron chi connectivity index (χ0n) is 7.31. The second-order valence-electron chi connectivity index (χ2n) is 2.73. The van der Waals surface area contributed by atoms with Crippen molar-refractivity contribution >= 4 is 0 Å². The second-order valence-corrected chi connectivity index (χ2v) is 2.73. The van der Waals surface area contributed by atoms with Crippen LogP contribution in [0.5, 0.6) is 0 Å². The summed E-state index contributed by atoms with van der Waals surface area (Å²) >= 11 is 0. The van der Waals surface area contributed by atoms with Crippen LogP contribution in [0.1, 0.15) is 5.69 Å². The molecule has 0 atom stereocenters. The minimum Gasteiger partial charge on any atom is -0.265 e. The number of hydrogen-bond donors (Lipinski definition) is 0. The van der Waals surface area contributed by atoms with Gasteiger partial charge in [0.1, 0.15) is 0 Å². The van der Waals surface area contributed by atoms with Crippen molar-refractivity contribution in [1.82, 2.24) is 15.0 Å². The Labute approximate surface area is 76.5 Å². The lowest BCUT2D eigenvalue weighted by Gasteiger charge is -2.01. The van der Waals surface area contributed by atoms with Crippen LogP contribution in [0.25, 0.3) is 11.3 Å². The molecule has 0 radical (unpaired) electrons. The molecule has 3 nitrogen and oxygen atoms in total. The number of aromatic nitrogens is 3. The van der Waals surface area contributed by atoms with Crippen LogP contribution in [0.4, 0.5) is 0 Å². The molecule has 0 unspecified atom stereocenters.